The van der Waals surface area contributed by atoms with Crippen LogP contribution in [0.3, 0.4) is 0 Å². The fourth-order valence-electron chi connectivity index (χ4n) is 6.07. The lowest BCUT2D eigenvalue weighted by atomic mass is 9.62. The summed E-state index contributed by atoms with van der Waals surface area (Å²) in [6.45, 7) is 2.32. The highest BCUT2D eigenvalue weighted by Crippen LogP contribution is 2.53. The first kappa shape index (κ1) is 16.8. The minimum absolute atomic E-state index is 0.0635. The van der Waals surface area contributed by atoms with Crippen LogP contribution in [0.15, 0.2) is 24.3 Å². The summed E-state index contributed by atoms with van der Waals surface area (Å²) in [5, 5.41) is 22.6. The van der Waals surface area contributed by atoms with E-state index in [1.54, 1.807) is 0 Å². The molecule has 5 rings (SSSR count). The number of hydrogen-bond acceptors (Lipinski definition) is 4. The van der Waals surface area contributed by atoms with Gasteiger partial charge in [-0.25, -0.2) is 0 Å². The van der Waals surface area contributed by atoms with Crippen molar-refractivity contribution in [1.29, 1.82) is 0 Å². The number of para-hydroxylation sites is 1. The average Bonchev–Trinajstić information content (AvgIpc) is 2.92. The van der Waals surface area contributed by atoms with Crippen molar-refractivity contribution in [3.63, 3.8) is 0 Å². The van der Waals surface area contributed by atoms with Crippen LogP contribution in [0, 0.1) is 11.8 Å². The van der Waals surface area contributed by atoms with Gasteiger partial charge in [0.05, 0.1) is 25.4 Å². The molecular weight excluding hydrogens is 328 g/mol. The third-order valence-electron chi connectivity index (χ3n) is 7.63. The summed E-state index contributed by atoms with van der Waals surface area (Å²) in [4.78, 5) is 2.49. The van der Waals surface area contributed by atoms with Gasteiger partial charge in [0.25, 0.3) is 0 Å². The van der Waals surface area contributed by atoms with Crippen LogP contribution < -0.4 is 0 Å². The number of rotatable bonds is 1. The molecule has 0 aliphatic carbocycles. The third-order valence-corrected chi connectivity index (χ3v) is 7.63. The van der Waals surface area contributed by atoms with Gasteiger partial charge in [-0.15, -0.1) is 0 Å². The standard InChI is InChI=1S/C21H28N2O3/c1-12-21(25,11-24)16-9-19-20-14(8-18(22(19)2)15(16)10-26-12)13-6-4-5-7-17(13)23(20)3/h4-7,12,15-16,18-19,24-25H,8-11H2,1-3H3/t12-,15+,16+,18-,19-,21-/m0/s1. The largest absolute Gasteiger partial charge is 0.393 e. The van der Waals surface area contributed by atoms with Crippen LogP contribution in [0.5, 0.6) is 0 Å². The minimum atomic E-state index is -1.15. The molecule has 3 aliphatic rings. The van der Waals surface area contributed by atoms with E-state index in [0.29, 0.717) is 12.6 Å². The number of benzene rings is 1. The van der Waals surface area contributed by atoms with Gasteiger partial charge in [0.2, 0.25) is 0 Å². The highest BCUT2D eigenvalue weighted by molar-refractivity contribution is 5.86. The fourth-order valence-corrected chi connectivity index (χ4v) is 6.07. The Bertz CT molecular complexity index is 862. The predicted octanol–water partition coefficient (Wildman–Crippen LogP) is 1.85. The van der Waals surface area contributed by atoms with Gasteiger partial charge >= 0.3 is 0 Å². The normalized spacial score (nSPS) is 39.7. The molecule has 2 saturated heterocycles. The Morgan fingerprint density at radius 1 is 1.27 bits per heavy atom. The molecule has 140 valence electrons. The molecule has 3 aliphatic heterocycles. The maximum Gasteiger partial charge on any atom is 0.117 e. The molecule has 4 heterocycles. The van der Waals surface area contributed by atoms with Crippen LogP contribution in [0.1, 0.15) is 30.6 Å². The minimum Gasteiger partial charge on any atom is -0.393 e. The number of piperidine rings is 1. The molecule has 2 bridgehead atoms. The topological polar surface area (TPSA) is 57.9 Å². The van der Waals surface area contributed by atoms with Crippen molar-refractivity contribution in [3.05, 3.63) is 35.5 Å². The lowest BCUT2D eigenvalue weighted by molar-refractivity contribution is -0.238. The summed E-state index contributed by atoms with van der Waals surface area (Å²) in [5.74, 6) is 0.310. The summed E-state index contributed by atoms with van der Waals surface area (Å²) in [7, 11) is 4.37. The average molecular weight is 356 g/mol. The smallest absolute Gasteiger partial charge is 0.117 e. The molecule has 0 spiro atoms. The maximum atomic E-state index is 11.2. The Labute approximate surface area is 154 Å². The van der Waals surface area contributed by atoms with Crippen molar-refractivity contribution in [2.24, 2.45) is 18.9 Å². The van der Waals surface area contributed by atoms with Crippen molar-refractivity contribution in [2.45, 2.75) is 43.6 Å². The van der Waals surface area contributed by atoms with E-state index >= 15 is 0 Å². The molecule has 5 nitrogen and oxygen atoms in total. The number of aryl methyl sites for hydroxylation is 1. The Kier molecular flexibility index (Phi) is 3.58. The SMILES string of the molecule is C[C@@H]1OC[C@@H]2[C@@H](C[C@H]3c4c(c5ccccc5n4C)C[C@@H]2N3C)[C@]1(O)CO. The van der Waals surface area contributed by atoms with Crippen molar-refractivity contribution < 1.29 is 14.9 Å². The molecule has 6 atom stereocenters. The highest BCUT2D eigenvalue weighted by Gasteiger charge is 2.57. The van der Waals surface area contributed by atoms with Crippen LogP contribution in [0.4, 0.5) is 0 Å². The van der Waals surface area contributed by atoms with Crippen LogP contribution in [0.2, 0.25) is 0 Å². The van der Waals surface area contributed by atoms with Crippen molar-refractivity contribution in [2.75, 3.05) is 20.3 Å². The van der Waals surface area contributed by atoms with Gasteiger partial charge in [0.15, 0.2) is 0 Å². The first-order chi connectivity index (χ1) is 12.5. The van der Waals surface area contributed by atoms with Gasteiger partial charge in [-0.3, -0.25) is 4.90 Å². The number of nitrogens with zero attached hydrogens (tertiary/aromatic N) is 2. The third kappa shape index (κ3) is 1.95. The van der Waals surface area contributed by atoms with Gasteiger partial charge in [-0.05, 0) is 38.4 Å². The van der Waals surface area contributed by atoms with E-state index in [2.05, 4.69) is 47.8 Å². The van der Waals surface area contributed by atoms with Gasteiger partial charge < -0.3 is 19.5 Å². The number of ether oxygens (including phenoxy) is 1. The van der Waals surface area contributed by atoms with E-state index in [1.807, 2.05) is 6.92 Å². The monoisotopic (exact) mass is 356 g/mol. The van der Waals surface area contributed by atoms with E-state index < -0.39 is 5.60 Å². The van der Waals surface area contributed by atoms with E-state index in [-0.39, 0.29) is 30.6 Å². The first-order valence-electron chi connectivity index (χ1n) is 9.70. The second-order valence-corrected chi connectivity index (χ2v) is 8.52. The van der Waals surface area contributed by atoms with Crippen molar-refractivity contribution in [1.82, 2.24) is 9.47 Å². The second-order valence-electron chi connectivity index (χ2n) is 8.52. The Balaban J connectivity index is 1.67. The molecule has 0 amide bonds. The van der Waals surface area contributed by atoms with E-state index in [0.717, 1.165) is 12.8 Å². The van der Waals surface area contributed by atoms with Gasteiger partial charge in [0, 0.05) is 41.5 Å². The fraction of sp³-hybridized carbons (Fsp3) is 0.619. The molecule has 1 aromatic carbocycles. The summed E-state index contributed by atoms with van der Waals surface area (Å²) in [6, 6.07) is 9.25. The number of aromatic nitrogens is 1. The number of hydrogen-bond donors (Lipinski definition) is 2. The summed E-state index contributed by atoms with van der Waals surface area (Å²) < 4.78 is 8.27. The molecule has 0 unspecified atom stereocenters. The van der Waals surface area contributed by atoms with Crippen molar-refractivity contribution in [3.8, 4) is 0 Å². The van der Waals surface area contributed by atoms with Crippen LogP contribution >= 0.6 is 0 Å². The zero-order valence-corrected chi connectivity index (χ0v) is 15.7. The summed E-state index contributed by atoms with van der Waals surface area (Å²) >= 11 is 0. The second kappa shape index (κ2) is 5.55. The number of likely N-dealkylation sites (N-methyl/N-ethyl adjacent to an activating group) is 1. The molecule has 0 radical (unpaired) electrons. The quantitative estimate of drug-likeness (QED) is 0.819. The van der Waals surface area contributed by atoms with Crippen LogP contribution in [-0.4, -0.2) is 57.7 Å². The number of fused-ring (bicyclic) bond motifs is 8. The number of aliphatic hydroxyl groups is 2. The van der Waals surface area contributed by atoms with Crippen LogP contribution in [-0.2, 0) is 18.2 Å². The Morgan fingerprint density at radius 2 is 2.04 bits per heavy atom. The highest BCUT2D eigenvalue weighted by atomic mass is 16.5. The summed E-state index contributed by atoms with van der Waals surface area (Å²) in [6.07, 6.45) is 1.51. The van der Waals surface area contributed by atoms with Gasteiger partial charge in [0.1, 0.15) is 5.60 Å². The van der Waals surface area contributed by atoms with Crippen molar-refractivity contribution >= 4 is 10.9 Å². The maximum absolute atomic E-state index is 11.2. The van der Waals surface area contributed by atoms with Gasteiger partial charge in [-0.1, -0.05) is 18.2 Å². The predicted molar refractivity (Wildman–Crippen MR) is 100.0 cm³/mol. The van der Waals surface area contributed by atoms with E-state index in [4.69, 9.17) is 4.74 Å². The number of aliphatic hydroxyl groups excluding tert-OH is 1. The molecule has 2 fully saturated rings. The first-order valence-corrected chi connectivity index (χ1v) is 9.70. The molecule has 26 heavy (non-hydrogen) atoms. The van der Waals surface area contributed by atoms with Crippen LogP contribution in [0.25, 0.3) is 10.9 Å². The van der Waals surface area contributed by atoms with E-state index in [1.165, 1.54) is 22.2 Å². The van der Waals surface area contributed by atoms with E-state index in [9.17, 15) is 10.2 Å². The molecule has 5 heteroatoms. The molecule has 1 aromatic heterocycles. The Morgan fingerprint density at radius 3 is 2.81 bits per heavy atom. The lowest BCUT2D eigenvalue weighted by Crippen LogP contribution is -2.66. The zero-order valence-electron chi connectivity index (χ0n) is 15.7. The Hall–Kier alpha value is -1.40. The summed E-state index contributed by atoms with van der Waals surface area (Å²) in [5.41, 5.74) is 2.97. The molecule has 2 aromatic rings. The molecule has 2 N–H and O–H groups in total. The molecular formula is C21H28N2O3. The lowest BCUT2D eigenvalue weighted by Gasteiger charge is -2.58. The zero-order chi connectivity index (χ0) is 18.2. The molecule has 0 saturated carbocycles. The van der Waals surface area contributed by atoms with Gasteiger partial charge in [-0.2, -0.15) is 0 Å².